The van der Waals surface area contributed by atoms with Crippen LogP contribution < -0.4 is 20.1 Å². The molecule has 0 atom stereocenters. The van der Waals surface area contributed by atoms with E-state index in [0.717, 1.165) is 28.0 Å². The van der Waals surface area contributed by atoms with Crippen LogP contribution in [0.3, 0.4) is 0 Å². The van der Waals surface area contributed by atoms with Gasteiger partial charge in [-0.15, -0.1) is 20.4 Å². The molecule has 0 saturated carbocycles. The second-order valence-electron chi connectivity index (χ2n) is 9.54. The van der Waals surface area contributed by atoms with Crippen LogP contribution in [0.25, 0.3) is 22.8 Å². The molecule has 0 radical (unpaired) electrons. The first-order valence-electron chi connectivity index (χ1n) is 13.6. The van der Waals surface area contributed by atoms with Gasteiger partial charge >= 0.3 is 0 Å². The highest BCUT2D eigenvalue weighted by Crippen LogP contribution is 2.32. The zero-order valence-electron chi connectivity index (χ0n) is 23.5. The van der Waals surface area contributed by atoms with Crippen LogP contribution in [0, 0.1) is 0 Å². The van der Waals surface area contributed by atoms with Crippen molar-refractivity contribution in [2.45, 2.75) is 13.1 Å². The summed E-state index contributed by atoms with van der Waals surface area (Å²) in [6.45, 7) is 1.08. The van der Waals surface area contributed by atoms with Crippen molar-refractivity contribution in [3.05, 3.63) is 114 Å². The maximum Gasteiger partial charge on any atom is 0.251 e. The maximum atomic E-state index is 12.2. The minimum Gasteiger partial charge on any atom is -0.454 e. The summed E-state index contributed by atoms with van der Waals surface area (Å²) >= 11 is 0. The normalized spacial score (nSPS) is 11.3. The Hall–Kier alpha value is -6.51. The zero-order chi connectivity index (χ0) is 30.8. The fraction of sp³-hybridized carbons (Fsp3) is 0.100. The molecule has 7 rings (SSSR count). The monoisotopic (exact) mass is 603 g/mol. The van der Waals surface area contributed by atoms with Crippen molar-refractivity contribution in [1.82, 2.24) is 56.9 Å². The van der Waals surface area contributed by atoms with Gasteiger partial charge in [0.1, 0.15) is 0 Å². The van der Waals surface area contributed by atoms with E-state index in [2.05, 4.69) is 56.9 Å². The van der Waals surface area contributed by atoms with Gasteiger partial charge in [0.15, 0.2) is 11.5 Å². The van der Waals surface area contributed by atoms with Crippen LogP contribution in [-0.4, -0.2) is 64.8 Å². The number of nitrogens with one attached hydrogen (secondary N) is 4. The lowest BCUT2D eigenvalue weighted by Crippen LogP contribution is -2.22. The second-order valence-corrected chi connectivity index (χ2v) is 9.54. The first kappa shape index (κ1) is 28.6. The number of aromatic nitrogens is 9. The fourth-order valence-electron chi connectivity index (χ4n) is 4.23. The molecule has 0 unspecified atom stereocenters. The molecule has 0 bridgehead atoms. The molecular weight excluding hydrogens is 578 g/mol. The number of aromatic amines is 2. The van der Waals surface area contributed by atoms with Gasteiger partial charge < -0.3 is 20.1 Å². The first-order chi connectivity index (χ1) is 22.1. The smallest absolute Gasteiger partial charge is 0.251 e. The number of benzene rings is 3. The number of rotatable bonds is 8. The van der Waals surface area contributed by atoms with Crippen LogP contribution in [0.2, 0.25) is 0 Å². The number of H-pyrrole nitrogens is 2. The van der Waals surface area contributed by atoms with Crippen LogP contribution in [0.4, 0.5) is 0 Å². The molecule has 1 aliphatic heterocycles. The molecule has 15 heteroatoms. The summed E-state index contributed by atoms with van der Waals surface area (Å²) in [4.78, 5) is 28.3. The van der Waals surface area contributed by atoms with Crippen molar-refractivity contribution in [2.75, 3.05) is 6.79 Å². The third-order valence-electron chi connectivity index (χ3n) is 6.57. The van der Waals surface area contributed by atoms with Gasteiger partial charge in [-0.3, -0.25) is 14.6 Å². The first-order valence-corrected chi connectivity index (χ1v) is 13.6. The molecule has 3 aromatic heterocycles. The Morgan fingerprint density at radius 2 is 1.27 bits per heavy atom. The van der Waals surface area contributed by atoms with Gasteiger partial charge in [0.05, 0.1) is 0 Å². The standard InChI is InChI=1S/C16H13N5O3.C14H12N6O/c22-16(12-4-2-11(3-5-12)15-18-20-21-19-15)17-8-10-1-6-13-14(7-10)24-9-23-13;21-14(16-9-10-2-1-7-15-8-10)12-5-3-11(4-6-12)13-17-19-20-18-13/h1-7H,8-9H2,(H,17,22)(H,18,19,20,21);1-8H,9H2,(H,16,21)(H,17,18,19,20). The highest BCUT2D eigenvalue weighted by molar-refractivity contribution is 5.95. The second kappa shape index (κ2) is 13.6. The molecule has 2 amide bonds. The van der Waals surface area contributed by atoms with Crippen molar-refractivity contribution in [1.29, 1.82) is 0 Å². The van der Waals surface area contributed by atoms with E-state index in [9.17, 15) is 9.59 Å². The molecule has 224 valence electrons. The van der Waals surface area contributed by atoms with Gasteiger partial charge in [-0.1, -0.05) is 36.4 Å². The number of hydrogen-bond donors (Lipinski definition) is 4. The van der Waals surface area contributed by atoms with Gasteiger partial charge in [0, 0.05) is 47.7 Å². The van der Waals surface area contributed by atoms with Crippen LogP contribution in [0.5, 0.6) is 11.5 Å². The fourth-order valence-corrected chi connectivity index (χ4v) is 4.23. The Balaban J connectivity index is 0.000000160. The van der Waals surface area contributed by atoms with Crippen molar-refractivity contribution >= 4 is 11.8 Å². The number of carbonyl (C=O) groups is 2. The Morgan fingerprint density at radius 3 is 1.80 bits per heavy atom. The Bertz CT molecular complexity index is 1850. The van der Waals surface area contributed by atoms with E-state index < -0.39 is 0 Å². The Kier molecular flexibility index (Phi) is 8.67. The molecule has 0 spiro atoms. The van der Waals surface area contributed by atoms with E-state index >= 15 is 0 Å². The van der Waals surface area contributed by atoms with E-state index in [1.165, 1.54) is 0 Å². The van der Waals surface area contributed by atoms with E-state index in [4.69, 9.17) is 9.47 Å². The average Bonchev–Trinajstić information content (AvgIpc) is 3.91. The summed E-state index contributed by atoms with van der Waals surface area (Å²) in [7, 11) is 0. The lowest BCUT2D eigenvalue weighted by molar-refractivity contribution is 0.0943. The molecule has 0 aliphatic carbocycles. The predicted octanol–water partition coefficient (Wildman–Crippen LogP) is 2.72. The van der Waals surface area contributed by atoms with E-state index in [0.29, 0.717) is 41.6 Å². The van der Waals surface area contributed by atoms with Crippen LogP contribution in [0.1, 0.15) is 31.8 Å². The summed E-state index contributed by atoms with van der Waals surface area (Å²) in [5, 5.41) is 33.1. The quantitative estimate of drug-likeness (QED) is 0.199. The number of carbonyl (C=O) groups excluding carboxylic acids is 2. The van der Waals surface area contributed by atoms with Crippen LogP contribution >= 0.6 is 0 Å². The molecule has 4 N–H and O–H groups in total. The third-order valence-corrected chi connectivity index (χ3v) is 6.57. The predicted molar refractivity (Wildman–Crippen MR) is 158 cm³/mol. The molecule has 3 aromatic carbocycles. The van der Waals surface area contributed by atoms with E-state index in [1.807, 2.05) is 30.3 Å². The largest absolute Gasteiger partial charge is 0.454 e. The molecule has 6 aromatic rings. The van der Waals surface area contributed by atoms with Crippen molar-refractivity contribution < 1.29 is 19.1 Å². The van der Waals surface area contributed by atoms with Crippen molar-refractivity contribution in [3.8, 4) is 34.3 Å². The minimum absolute atomic E-state index is 0.140. The van der Waals surface area contributed by atoms with Crippen LogP contribution in [-0.2, 0) is 13.1 Å². The molecule has 4 heterocycles. The molecule has 0 saturated heterocycles. The molecular formula is C30H25N11O4. The van der Waals surface area contributed by atoms with Gasteiger partial charge in [0.2, 0.25) is 18.4 Å². The number of hydrogen-bond acceptors (Lipinski definition) is 11. The number of ether oxygens (including phenoxy) is 2. The van der Waals surface area contributed by atoms with Gasteiger partial charge in [-0.05, 0) is 64.0 Å². The minimum atomic E-state index is -0.160. The topological polar surface area (TPSA) is 198 Å². The molecule has 0 fully saturated rings. The Labute approximate surface area is 255 Å². The number of fused-ring (bicyclic) bond motifs is 1. The summed E-state index contributed by atoms with van der Waals surface area (Å²) < 4.78 is 10.6. The zero-order valence-corrected chi connectivity index (χ0v) is 23.5. The number of nitrogens with zero attached hydrogens (tertiary/aromatic N) is 7. The van der Waals surface area contributed by atoms with E-state index in [1.54, 1.807) is 60.9 Å². The van der Waals surface area contributed by atoms with Crippen LogP contribution in [0.15, 0.2) is 91.3 Å². The number of pyridine rings is 1. The van der Waals surface area contributed by atoms with Gasteiger partial charge in [-0.2, -0.15) is 10.4 Å². The maximum absolute atomic E-state index is 12.2. The molecule has 45 heavy (non-hydrogen) atoms. The third kappa shape index (κ3) is 7.29. The highest BCUT2D eigenvalue weighted by Gasteiger charge is 2.14. The summed E-state index contributed by atoms with van der Waals surface area (Å²) in [6.07, 6.45) is 3.42. The number of amides is 2. The van der Waals surface area contributed by atoms with Gasteiger partial charge in [-0.25, -0.2) is 0 Å². The Morgan fingerprint density at radius 1 is 0.689 bits per heavy atom. The summed E-state index contributed by atoms with van der Waals surface area (Å²) in [6, 6.07) is 23.4. The lowest BCUT2D eigenvalue weighted by Gasteiger charge is -2.06. The molecule has 1 aliphatic rings. The van der Waals surface area contributed by atoms with E-state index in [-0.39, 0.29) is 18.6 Å². The summed E-state index contributed by atoms with van der Waals surface area (Å²) in [5.41, 5.74) is 4.61. The van der Waals surface area contributed by atoms with Crippen molar-refractivity contribution in [2.24, 2.45) is 0 Å². The highest BCUT2D eigenvalue weighted by atomic mass is 16.7. The molecule has 15 nitrogen and oxygen atoms in total. The summed E-state index contributed by atoms with van der Waals surface area (Å²) in [5.74, 6) is 2.11. The SMILES string of the molecule is O=C(NCc1ccc2c(c1)OCO2)c1ccc(-c2nn[nH]n2)cc1.O=C(NCc1cccnc1)c1ccc(-c2nn[nH]n2)cc1. The van der Waals surface area contributed by atoms with Crippen molar-refractivity contribution in [3.63, 3.8) is 0 Å². The average molecular weight is 604 g/mol. The lowest BCUT2D eigenvalue weighted by atomic mass is 10.1. The number of tetrazole rings is 2. The van der Waals surface area contributed by atoms with Gasteiger partial charge in [0.25, 0.3) is 11.8 Å².